The minimum Gasteiger partial charge on any atom is -0.371 e. The Morgan fingerprint density at radius 1 is 1.29 bits per heavy atom. The maximum Gasteiger partial charge on any atom is 0.247 e. The van der Waals surface area contributed by atoms with Crippen LogP contribution in [0, 0.1) is 5.92 Å². The van der Waals surface area contributed by atoms with Crippen molar-refractivity contribution in [2.45, 2.75) is 38.1 Å². The van der Waals surface area contributed by atoms with Gasteiger partial charge in [-0.2, -0.15) is 0 Å². The maximum atomic E-state index is 13.1. The summed E-state index contributed by atoms with van der Waals surface area (Å²) >= 11 is 0. The van der Waals surface area contributed by atoms with Crippen LogP contribution >= 0.6 is 0 Å². The zero-order valence-corrected chi connectivity index (χ0v) is 13.0. The van der Waals surface area contributed by atoms with Gasteiger partial charge in [0.05, 0.1) is 16.9 Å². The predicted octanol–water partition coefficient (Wildman–Crippen LogP) is 2.38. The highest BCUT2D eigenvalue weighted by molar-refractivity contribution is 6.03. The van der Waals surface area contributed by atoms with Crippen LogP contribution in [0.3, 0.4) is 0 Å². The number of anilines is 2. The standard InChI is InChI=1S/C17H25N3O/c1-13-6-5-9-17(18,12-13)16(21)20-11-10-19(2)14-7-3-4-8-15(14)20/h3-4,7-8,13H,5-6,9-12,18H2,1-2H3. The quantitative estimate of drug-likeness (QED) is 0.862. The Labute approximate surface area is 126 Å². The first-order valence-electron chi connectivity index (χ1n) is 7.92. The largest absolute Gasteiger partial charge is 0.371 e. The van der Waals surface area contributed by atoms with Crippen LogP contribution in [0.2, 0.25) is 0 Å². The lowest BCUT2D eigenvalue weighted by molar-refractivity contribution is -0.125. The molecule has 1 aromatic carbocycles. The van der Waals surface area contributed by atoms with Crippen molar-refractivity contribution in [1.29, 1.82) is 0 Å². The minimum atomic E-state index is -0.680. The van der Waals surface area contributed by atoms with E-state index in [4.69, 9.17) is 5.73 Å². The molecule has 1 fully saturated rings. The van der Waals surface area contributed by atoms with Gasteiger partial charge in [-0.1, -0.05) is 31.9 Å². The van der Waals surface area contributed by atoms with Crippen LogP contribution in [0.25, 0.3) is 0 Å². The molecule has 1 heterocycles. The van der Waals surface area contributed by atoms with E-state index < -0.39 is 5.54 Å². The lowest BCUT2D eigenvalue weighted by atomic mass is 9.76. The SMILES string of the molecule is CC1CCCC(N)(C(=O)N2CCN(C)c3ccccc32)C1. The summed E-state index contributed by atoms with van der Waals surface area (Å²) in [6.45, 7) is 3.78. The molecule has 3 rings (SSSR count). The molecule has 1 aromatic rings. The number of rotatable bonds is 1. The minimum absolute atomic E-state index is 0.106. The molecule has 4 nitrogen and oxygen atoms in total. The van der Waals surface area contributed by atoms with Crippen LogP contribution in [0.5, 0.6) is 0 Å². The second-order valence-corrected chi connectivity index (χ2v) is 6.72. The van der Waals surface area contributed by atoms with Crippen LogP contribution in [-0.2, 0) is 4.79 Å². The van der Waals surface area contributed by atoms with E-state index >= 15 is 0 Å². The average molecular weight is 287 g/mol. The van der Waals surface area contributed by atoms with E-state index in [0.717, 1.165) is 43.7 Å². The third-order valence-corrected chi connectivity index (χ3v) is 4.95. The molecule has 2 aliphatic rings. The van der Waals surface area contributed by atoms with Crippen molar-refractivity contribution in [1.82, 2.24) is 0 Å². The molecule has 2 N–H and O–H groups in total. The van der Waals surface area contributed by atoms with E-state index in [1.165, 1.54) is 6.42 Å². The Morgan fingerprint density at radius 2 is 2.00 bits per heavy atom. The van der Waals surface area contributed by atoms with Gasteiger partial charge < -0.3 is 15.5 Å². The Morgan fingerprint density at radius 3 is 2.71 bits per heavy atom. The molecule has 0 radical (unpaired) electrons. The summed E-state index contributed by atoms with van der Waals surface area (Å²) in [7, 11) is 2.07. The number of benzene rings is 1. The van der Waals surface area contributed by atoms with Crippen molar-refractivity contribution in [3.8, 4) is 0 Å². The van der Waals surface area contributed by atoms with Gasteiger partial charge in [0, 0.05) is 20.1 Å². The molecule has 21 heavy (non-hydrogen) atoms. The molecule has 1 saturated carbocycles. The van der Waals surface area contributed by atoms with Crippen molar-refractivity contribution in [3.05, 3.63) is 24.3 Å². The smallest absolute Gasteiger partial charge is 0.247 e. The fourth-order valence-corrected chi connectivity index (χ4v) is 3.77. The van der Waals surface area contributed by atoms with Crippen LogP contribution in [0.15, 0.2) is 24.3 Å². The number of para-hydroxylation sites is 2. The van der Waals surface area contributed by atoms with Crippen molar-refractivity contribution >= 4 is 17.3 Å². The number of carbonyl (C=O) groups excluding carboxylic acids is 1. The van der Waals surface area contributed by atoms with Gasteiger partial charge in [-0.3, -0.25) is 4.79 Å². The highest BCUT2D eigenvalue weighted by Gasteiger charge is 2.42. The zero-order valence-electron chi connectivity index (χ0n) is 13.0. The van der Waals surface area contributed by atoms with Crippen LogP contribution in [0.1, 0.15) is 32.6 Å². The number of hydrogen-bond donors (Lipinski definition) is 1. The predicted molar refractivity (Wildman–Crippen MR) is 86.6 cm³/mol. The third-order valence-electron chi connectivity index (χ3n) is 4.95. The number of hydrogen-bond acceptors (Lipinski definition) is 3. The first kappa shape index (κ1) is 14.4. The van der Waals surface area contributed by atoms with Gasteiger partial charge in [-0.15, -0.1) is 0 Å². The summed E-state index contributed by atoms with van der Waals surface area (Å²) in [5.74, 6) is 0.644. The Bertz CT molecular complexity index is 545. The lowest BCUT2D eigenvalue weighted by Crippen LogP contribution is -2.59. The van der Waals surface area contributed by atoms with Gasteiger partial charge in [0.15, 0.2) is 0 Å². The molecule has 0 spiro atoms. The topological polar surface area (TPSA) is 49.6 Å². The molecular weight excluding hydrogens is 262 g/mol. The average Bonchev–Trinajstić information content (AvgIpc) is 2.47. The molecule has 0 aromatic heterocycles. The zero-order chi connectivity index (χ0) is 15.0. The number of fused-ring (bicyclic) bond motifs is 1. The second-order valence-electron chi connectivity index (χ2n) is 6.72. The van der Waals surface area contributed by atoms with Crippen molar-refractivity contribution in [3.63, 3.8) is 0 Å². The van der Waals surface area contributed by atoms with Crippen LogP contribution < -0.4 is 15.5 Å². The Balaban J connectivity index is 1.90. The summed E-state index contributed by atoms with van der Waals surface area (Å²) < 4.78 is 0. The molecule has 2 atom stereocenters. The number of nitrogens with zero attached hydrogens (tertiary/aromatic N) is 2. The summed E-state index contributed by atoms with van der Waals surface area (Å²) in [5, 5.41) is 0. The molecule has 1 aliphatic carbocycles. The van der Waals surface area contributed by atoms with Crippen LogP contribution in [0.4, 0.5) is 11.4 Å². The first-order chi connectivity index (χ1) is 10.0. The number of nitrogens with two attached hydrogens (primary N) is 1. The Hall–Kier alpha value is -1.55. The van der Waals surface area contributed by atoms with Gasteiger partial charge >= 0.3 is 0 Å². The van der Waals surface area contributed by atoms with E-state index in [-0.39, 0.29) is 5.91 Å². The third kappa shape index (κ3) is 2.53. The monoisotopic (exact) mass is 287 g/mol. The fourth-order valence-electron chi connectivity index (χ4n) is 3.77. The number of carbonyl (C=O) groups is 1. The Kier molecular flexibility index (Phi) is 3.66. The van der Waals surface area contributed by atoms with Gasteiger partial charge in [-0.05, 0) is 30.9 Å². The summed E-state index contributed by atoms with van der Waals surface area (Å²) in [5.41, 5.74) is 7.95. The molecule has 0 saturated heterocycles. The molecule has 0 bridgehead atoms. The van der Waals surface area contributed by atoms with Gasteiger partial charge in [-0.25, -0.2) is 0 Å². The molecule has 114 valence electrons. The second kappa shape index (κ2) is 5.34. The highest BCUT2D eigenvalue weighted by atomic mass is 16.2. The first-order valence-corrected chi connectivity index (χ1v) is 7.92. The van der Waals surface area contributed by atoms with E-state index in [9.17, 15) is 4.79 Å². The van der Waals surface area contributed by atoms with E-state index in [2.05, 4.69) is 24.9 Å². The molecule has 4 heteroatoms. The summed E-state index contributed by atoms with van der Waals surface area (Å²) in [4.78, 5) is 17.2. The van der Waals surface area contributed by atoms with Crippen molar-refractivity contribution in [2.24, 2.45) is 11.7 Å². The van der Waals surface area contributed by atoms with Crippen molar-refractivity contribution in [2.75, 3.05) is 29.9 Å². The maximum absolute atomic E-state index is 13.1. The molecule has 1 amide bonds. The number of likely N-dealkylation sites (N-methyl/N-ethyl adjacent to an activating group) is 1. The van der Waals surface area contributed by atoms with Gasteiger partial charge in [0.1, 0.15) is 0 Å². The van der Waals surface area contributed by atoms with Gasteiger partial charge in [0.2, 0.25) is 5.91 Å². The van der Waals surface area contributed by atoms with E-state index in [1.54, 1.807) is 0 Å². The van der Waals surface area contributed by atoms with E-state index in [0.29, 0.717) is 5.92 Å². The highest BCUT2D eigenvalue weighted by Crippen LogP contribution is 2.37. The lowest BCUT2D eigenvalue weighted by Gasteiger charge is -2.42. The molecule has 2 unspecified atom stereocenters. The normalized spacial score (nSPS) is 29.2. The van der Waals surface area contributed by atoms with Gasteiger partial charge in [0.25, 0.3) is 0 Å². The molecule has 1 aliphatic heterocycles. The molecular formula is C17H25N3O. The van der Waals surface area contributed by atoms with Crippen LogP contribution in [-0.4, -0.2) is 31.6 Å². The fraction of sp³-hybridized carbons (Fsp3) is 0.588. The summed E-state index contributed by atoms with van der Waals surface area (Å²) in [6, 6.07) is 8.11. The summed E-state index contributed by atoms with van der Waals surface area (Å²) in [6.07, 6.45) is 3.86. The van der Waals surface area contributed by atoms with E-state index in [1.807, 2.05) is 23.1 Å². The van der Waals surface area contributed by atoms with Crippen molar-refractivity contribution < 1.29 is 4.79 Å². The number of amides is 1.